The van der Waals surface area contributed by atoms with Crippen LogP contribution in [-0.2, 0) is 0 Å². The zero-order chi connectivity index (χ0) is 13.8. The Kier molecular flexibility index (Phi) is 4.47. The number of hydrogen-bond acceptors (Lipinski definition) is 4. The summed E-state index contributed by atoms with van der Waals surface area (Å²) in [4.78, 5) is 15.8. The largest absolute Gasteiger partial charge is 0.366 e. The molecule has 0 aliphatic carbocycles. The van der Waals surface area contributed by atoms with Gasteiger partial charge in [-0.3, -0.25) is 9.79 Å². The molecule has 0 radical (unpaired) electrons. The first-order valence-electron chi connectivity index (χ1n) is 6.42. The normalized spacial score (nSPS) is 18.5. The smallest absolute Gasteiger partial charge is 0.248 e. The van der Waals surface area contributed by atoms with Gasteiger partial charge in [0.05, 0.1) is 6.04 Å². The topological polar surface area (TPSA) is 67.5 Å². The van der Waals surface area contributed by atoms with Gasteiger partial charge in [-0.2, -0.15) is 0 Å². The molecule has 1 atom stereocenters. The molecule has 0 spiro atoms. The van der Waals surface area contributed by atoms with Crippen LogP contribution in [0.25, 0.3) is 0 Å². The molecule has 19 heavy (non-hydrogen) atoms. The fraction of sp³-hybridized carbons (Fsp3) is 0.429. The standard InChI is InChI=1S/C14H19N3OS/c1-9(2)6-12-8-19-14(17-12)16-11-5-3-4-10(7-11)13(15)18/h3-5,7,9,12H,6,8H2,1-2H3,(H2,15,18)(H,16,17). The number of anilines is 1. The maximum atomic E-state index is 11.1. The average Bonchev–Trinajstić information content (AvgIpc) is 2.76. The molecule has 4 nitrogen and oxygen atoms in total. The second kappa shape index (κ2) is 6.10. The third kappa shape index (κ3) is 3.99. The number of carbonyl (C=O) groups excluding carboxylic acids is 1. The van der Waals surface area contributed by atoms with Crippen molar-refractivity contribution in [3.8, 4) is 0 Å². The molecule has 0 bridgehead atoms. The van der Waals surface area contributed by atoms with Crippen molar-refractivity contribution in [1.82, 2.24) is 0 Å². The number of amides is 1. The van der Waals surface area contributed by atoms with Gasteiger partial charge in [-0.25, -0.2) is 0 Å². The third-order valence-corrected chi connectivity index (χ3v) is 3.89. The number of nitrogens with zero attached hydrogens (tertiary/aromatic N) is 1. The number of hydrogen-bond donors (Lipinski definition) is 2. The minimum Gasteiger partial charge on any atom is -0.366 e. The molecule has 102 valence electrons. The molecule has 1 aliphatic rings. The minimum atomic E-state index is -0.414. The molecule has 5 heteroatoms. The monoisotopic (exact) mass is 277 g/mol. The molecule has 1 aliphatic heterocycles. The summed E-state index contributed by atoms with van der Waals surface area (Å²) in [6.45, 7) is 4.42. The van der Waals surface area contributed by atoms with Gasteiger partial charge in [-0.05, 0) is 30.5 Å². The van der Waals surface area contributed by atoms with Gasteiger partial charge in [-0.15, -0.1) is 0 Å². The Morgan fingerprint density at radius 1 is 1.58 bits per heavy atom. The van der Waals surface area contributed by atoms with Crippen molar-refractivity contribution in [2.75, 3.05) is 11.1 Å². The molecule has 1 amide bonds. The Labute approximate surface area is 117 Å². The van der Waals surface area contributed by atoms with Gasteiger partial charge >= 0.3 is 0 Å². The van der Waals surface area contributed by atoms with Crippen molar-refractivity contribution in [2.45, 2.75) is 26.3 Å². The Morgan fingerprint density at radius 2 is 2.37 bits per heavy atom. The van der Waals surface area contributed by atoms with Crippen LogP contribution < -0.4 is 11.1 Å². The summed E-state index contributed by atoms with van der Waals surface area (Å²) in [5.74, 6) is 1.27. The van der Waals surface area contributed by atoms with Crippen LogP contribution in [0, 0.1) is 5.92 Å². The van der Waals surface area contributed by atoms with E-state index in [1.807, 2.05) is 12.1 Å². The Morgan fingerprint density at radius 3 is 3.05 bits per heavy atom. The fourth-order valence-corrected chi connectivity index (χ4v) is 3.00. The van der Waals surface area contributed by atoms with E-state index in [9.17, 15) is 4.79 Å². The number of benzene rings is 1. The number of primary amides is 1. The molecule has 3 N–H and O–H groups in total. The highest BCUT2D eigenvalue weighted by atomic mass is 32.2. The predicted octanol–water partition coefficient (Wildman–Crippen LogP) is 2.71. The van der Waals surface area contributed by atoms with E-state index >= 15 is 0 Å². The third-order valence-electron chi connectivity index (χ3n) is 2.85. The second-order valence-electron chi connectivity index (χ2n) is 5.10. The van der Waals surface area contributed by atoms with Crippen molar-refractivity contribution in [3.63, 3.8) is 0 Å². The van der Waals surface area contributed by atoms with Crippen molar-refractivity contribution in [3.05, 3.63) is 29.8 Å². The van der Waals surface area contributed by atoms with E-state index in [1.165, 1.54) is 0 Å². The predicted molar refractivity (Wildman–Crippen MR) is 81.7 cm³/mol. The number of amidine groups is 1. The van der Waals surface area contributed by atoms with Gasteiger partial charge in [0.15, 0.2) is 5.17 Å². The molecule has 0 fully saturated rings. The van der Waals surface area contributed by atoms with Gasteiger partial charge in [0.25, 0.3) is 0 Å². The van der Waals surface area contributed by atoms with E-state index in [0.717, 1.165) is 23.0 Å². The average molecular weight is 277 g/mol. The molecular formula is C14H19N3OS. The van der Waals surface area contributed by atoms with Crippen molar-refractivity contribution in [2.24, 2.45) is 16.6 Å². The number of carbonyl (C=O) groups is 1. The van der Waals surface area contributed by atoms with Gasteiger partial charge in [0.1, 0.15) is 0 Å². The lowest BCUT2D eigenvalue weighted by Gasteiger charge is -2.07. The summed E-state index contributed by atoms with van der Waals surface area (Å²) < 4.78 is 0. The summed E-state index contributed by atoms with van der Waals surface area (Å²) >= 11 is 1.72. The SMILES string of the molecule is CC(C)CC1CSC(Nc2cccc(C(N)=O)c2)=N1. The van der Waals surface area contributed by atoms with Crippen LogP contribution in [0.2, 0.25) is 0 Å². The van der Waals surface area contributed by atoms with Crippen LogP contribution in [-0.4, -0.2) is 22.9 Å². The molecule has 0 saturated carbocycles. The quantitative estimate of drug-likeness (QED) is 0.889. The summed E-state index contributed by atoms with van der Waals surface area (Å²) in [5, 5.41) is 4.17. The number of nitrogens with two attached hydrogens (primary N) is 1. The highest BCUT2D eigenvalue weighted by Gasteiger charge is 2.19. The van der Waals surface area contributed by atoms with E-state index in [2.05, 4.69) is 24.2 Å². The molecule has 1 heterocycles. The maximum Gasteiger partial charge on any atom is 0.248 e. The fourth-order valence-electron chi connectivity index (χ4n) is 2.02. The Hall–Kier alpha value is -1.49. The van der Waals surface area contributed by atoms with Crippen molar-refractivity contribution in [1.29, 1.82) is 0 Å². The maximum absolute atomic E-state index is 11.1. The van der Waals surface area contributed by atoms with Gasteiger partial charge < -0.3 is 11.1 Å². The first-order valence-corrected chi connectivity index (χ1v) is 7.40. The van der Waals surface area contributed by atoms with E-state index < -0.39 is 5.91 Å². The summed E-state index contributed by atoms with van der Waals surface area (Å²) in [6, 6.07) is 7.58. The zero-order valence-corrected chi connectivity index (χ0v) is 12.0. The lowest BCUT2D eigenvalue weighted by atomic mass is 10.1. The second-order valence-corrected chi connectivity index (χ2v) is 6.11. The van der Waals surface area contributed by atoms with E-state index in [-0.39, 0.29) is 0 Å². The first-order chi connectivity index (χ1) is 9.04. The van der Waals surface area contributed by atoms with Gasteiger partial charge in [0, 0.05) is 17.0 Å². The molecule has 2 rings (SSSR count). The number of aliphatic imine (C=N–C) groups is 1. The Balaban J connectivity index is 2.02. The molecule has 0 saturated heterocycles. The molecule has 1 aromatic rings. The number of nitrogens with one attached hydrogen (secondary N) is 1. The van der Waals surface area contributed by atoms with Gasteiger partial charge in [-0.1, -0.05) is 31.7 Å². The Bertz CT molecular complexity index is 499. The van der Waals surface area contributed by atoms with Crippen LogP contribution in [0.5, 0.6) is 0 Å². The van der Waals surface area contributed by atoms with Crippen LogP contribution in [0.1, 0.15) is 30.6 Å². The van der Waals surface area contributed by atoms with Crippen LogP contribution in [0.3, 0.4) is 0 Å². The van der Waals surface area contributed by atoms with Crippen LogP contribution in [0.15, 0.2) is 29.3 Å². The number of rotatable bonds is 4. The molecule has 1 unspecified atom stereocenters. The van der Waals surface area contributed by atoms with E-state index in [1.54, 1.807) is 23.9 Å². The molecular weight excluding hydrogens is 258 g/mol. The van der Waals surface area contributed by atoms with Crippen LogP contribution in [0.4, 0.5) is 5.69 Å². The summed E-state index contributed by atoms with van der Waals surface area (Å²) in [7, 11) is 0. The van der Waals surface area contributed by atoms with Gasteiger partial charge in [0.2, 0.25) is 5.91 Å². The van der Waals surface area contributed by atoms with Crippen molar-refractivity contribution < 1.29 is 4.79 Å². The van der Waals surface area contributed by atoms with Crippen LogP contribution >= 0.6 is 11.8 Å². The van der Waals surface area contributed by atoms with E-state index in [0.29, 0.717) is 17.5 Å². The summed E-state index contributed by atoms with van der Waals surface area (Å²) in [6.07, 6.45) is 1.11. The molecule has 0 aromatic heterocycles. The van der Waals surface area contributed by atoms with E-state index in [4.69, 9.17) is 5.73 Å². The zero-order valence-electron chi connectivity index (χ0n) is 11.2. The highest BCUT2D eigenvalue weighted by Crippen LogP contribution is 2.24. The highest BCUT2D eigenvalue weighted by molar-refractivity contribution is 8.14. The first kappa shape index (κ1) is 13.9. The minimum absolute atomic E-state index is 0.395. The lowest BCUT2D eigenvalue weighted by Crippen LogP contribution is -2.12. The number of thioether (sulfide) groups is 1. The van der Waals surface area contributed by atoms with Crippen molar-refractivity contribution >= 4 is 28.5 Å². The lowest BCUT2D eigenvalue weighted by molar-refractivity contribution is 0.100. The summed E-state index contributed by atoms with van der Waals surface area (Å²) in [5.41, 5.74) is 6.63. The molecule has 1 aromatic carbocycles.